The van der Waals surface area contributed by atoms with Crippen molar-refractivity contribution in [3.8, 4) is 28.4 Å². The van der Waals surface area contributed by atoms with Gasteiger partial charge >= 0.3 is 5.97 Å². The number of aromatic hydroxyl groups is 1. The van der Waals surface area contributed by atoms with Crippen LogP contribution in [0.15, 0.2) is 36.4 Å². The summed E-state index contributed by atoms with van der Waals surface area (Å²) in [5.74, 6) is -0.0622. The van der Waals surface area contributed by atoms with Crippen LogP contribution in [0.4, 0.5) is 0 Å². The van der Waals surface area contributed by atoms with Gasteiger partial charge < -0.3 is 19.7 Å². The van der Waals surface area contributed by atoms with Gasteiger partial charge in [-0.3, -0.25) is 0 Å². The van der Waals surface area contributed by atoms with E-state index in [-0.39, 0.29) is 18.1 Å². The summed E-state index contributed by atoms with van der Waals surface area (Å²) < 4.78 is 10.4. The number of ether oxygens (including phenoxy) is 2. The number of fused-ring (bicyclic) bond motifs is 1. The van der Waals surface area contributed by atoms with E-state index in [9.17, 15) is 15.0 Å². The van der Waals surface area contributed by atoms with E-state index >= 15 is 0 Å². The smallest absolute Gasteiger partial charge is 0.336 e. The lowest BCUT2D eigenvalue weighted by atomic mass is 9.98. The maximum atomic E-state index is 11.3. The molecule has 5 heteroatoms. The number of phenolic OH excluding ortho intramolecular Hbond substituents is 1. The highest BCUT2D eigenvalue weighted by atomic mass is 16.7. The molecule has 96 valence electrons. The third-order valence-electron chi connectivity index (χ3n) is 2.90. The summed E-state index contributed by atoms with van der Waals surface area (Å²) in [5.41, 5.74) is 1.19. The number of carboxylic acid groups (broad SMARTS) is 1. The second kappa shape index (κ2) is 4.20. The van der Waals surface area contributed by atoms with Crippen LogP contribution in [0.5, 0.6) is 17.2 Å². The van der Waals surface area contributed by atoms with Gasteiger partial charge in [-0.05, 0) is 29.8 Å². The minimum Gasteiger partial charge on any atom is -0.508 e. The molecule has 0 aliphatic carbocycles. The number of hydrogen-bond acceptors (Lipinski definition) is 4. The lowest BCUT2D eigenvalue weighted by Gasteiger charge is -2.08. The topological polar surface area (TPSA) is 76.0 Å². The Labute approximate surface area is 108 Å². The molecule has 0 saturated carbocycles. The number of carboxylic acids is 1. The van der Waals surface area contributed by atoms with Gasteiger partial charge in [0.25, 0.3) is 0 Å². The molecular weight excluding hydrogens is 248 g/mol. The highest BCUT2D eigenvalue weighted by molar-refractivity contribution is 5.97. The summed E-state index contributed by atoms with van der Waals surface area (Å²) >= 11 is 0. The van der Waals surface area contributed by atoms with Crippen molar-refractivity contribution in [2.24, 2.45) is 0 Å². The van der Waals surface area contributed by atoms with E-state index in [4.69, 9.17) is 9.47 Å². The molecular formula is C14H10O5. The molecule has 0 amide bonds. The molecule has 3 rings (SSSR count). The first-order valence-electron chi connectivity index (χ1n) is 5.61. The summed E-state index contributed by atoms with van der Waals surface area (Å²) in [5, 5.41) is 18.8. The minimum absolute atomic E-state index is 0.0755. The molecule has 0 atom stereocenters. The lowest BCUT2D eigenvalue weighted by molar-refractivity contribution is 0.0697. The van der Waals surface area contributed by atoms with E-state index in [1.165, 1.54) is 18.2 Å². The van der Waals surface area contributed by atoms with Crippen LogP contribution in [0, 0.1) is 0 Å². The van der Waals surface area contributed by atoms with Crippen LogP contribution in [0.1, 0.15) is 10.4 Å². The molecule has 0 radical (unpaired) electrons. The van der Waals surface area contributed by atoms with E-state index in [0.717, 1.165) is 0 Å². The van der Waals surface area contributed by atoms with E-state index in [1.54, 1.807) is 18.2 Å². The van der Waals surface area contributed by atoms with Crippen molar-refractivity contribution in [1.82, 2.24) is 0 Å². The molecule has 0 saturated heterocycles. The molecule has 2 aromatic carbocycles. The maximum absolute atomic E-state index is 11.3. The van der Waals surface area contributed by atoms with Crippen molar-refractivity contribution in [2.75, 3.05) is 6.79 Å². The fraction of sp³-hybridized carbons (Fsp3) is 0.0714. The van der Waals surface area contributed by atoms with Crippen molar-refractivity contribution < 1.29 is 24.5 Å². The van der Waals surface area contributed by atoms with Gasteiger partial charge in [0.05, 0.1) is 5.56 Å². The van der Waals surface area contributed by atoms with Gasteiger partial charge in [-0.1, -0.05) is 12.1 Å². The zero-order chi connectivity index (χ0) is 13.4. The third-order valence-corrected chi connectivity index (χ3v) is 2.90. The first-order valence-corrected chi connectivity index (χ1v) is 5.61. The molecule has 0 fully saturated rings. The fourth-order valence-corrected chi connectivity index (χ4v) is 2.03. The fourth-order valence-electron chi connectivity index (χ4n) is 2.03. The second-order valence-electron chi connectivity index (χ2n) is 4.11. The second-order valence-corrected chi connectivity index (χ2v) is 4.11. The zero-order valence-corrected chi connectivity index (χ0v) is 9.79. The van der Waals surface area contributed by atoms with Crippen molar-refractivity contribution in [3.05, 3.63) is 42.0 Å². The summed E-state index contributed by atoms with van der Waals surface area (Å²) in [7, 11) is 0. The largest absolute Gasteiger partial charge is 0.508 e. The van der Waals surface area contributed by atoms with Crippen LogP contribution in [-0.4, -0.2) is 23.0 Å². The van der Waals surface area contributed by atoms with Gasteiger partial charge in [0, 0.05) is 5.56 Å². The highest BCUT2D eigenvalue weighted by Crippen LogP contribution is 2.39. The standard InChI is InChI=1S/C14H10O5/c15-9-3-1-2-8(4-9)10-5-12-13(19-7-18-12)6-11(10)14(16)17/h1-6,15H,7H2,(H,16,17). The molecule has 0 unspecified atom stereocenters. The van der Waals surface area contributed by atoms with E-state index < -0.39 is 5.97 Å². The van der Waals surface area contributed by atoms with Crippen LogP contribution in [0.3, 0.4) is 0 Å². The molecule has 19 heavy (non-hydrogen) atoms. The van der Waals surface area contributed by atoms with Gasteiger partial charge in [0.2, 0.25) is 6.79 Å². The molecule has 2 aromatic rings. The van der Waals surface area contributed by atoms with Crippen molar-refractivity contribution >= 4 is 5.97 Å². The van der Waals surface area contributed by atoms with Crippen molar-refractivity contribution in [1.29, 1.82) is 0 Å². The van der Waals surface area contributed by atoms with Gasteiger partial charge in [0.1, 0.15) is 5.75 Å². The summed E-state index contributed by atoms with van der Waals surface area (Å²) in [6.45, 7) is 0.0812. The Morgan fingerprint density at radius 2 is 1.84 bits per heavy atom. The number of carbonyl (C=O) groups is 1. The molecule has 0 bridgehead atoms. The first kappa shape index (κ1) is 11.4. The van der Waals surface area contributed by atoms with E-state index in [0.29, 0.717) is 22.6 Å². The monoisotopic (exact) mass is 258 g/mol. The van der Waals surface area contributed by atoms with Crippen molar-refractivity contribution in [3.63, 3.8) is 0 Å². The number of hydrogen-bond donors (Lipinski definition) is 2. The molecule has 0 spiro atoms. The van der Waals surface area contributed by atoms with Crippen LogP contribution < -0.4 is 9.47 Å². The molecule has 1 aliphatic rings. The Hall–Kier alpha value is -2.69. The van der Waals surface area contributed by atoms with Crippen LogP contribution in [0.2, 0.25) is 0 Å². The number of phenols is 1. The van der Waals surface area contributed by atoms with Crippen LogP contribution in [0.25, 0.3) is 11.1 Å². The maximum Gasteiger partial charge on any atom is 0.336 e. The van der Waals surface area contributed by atoms with Gasteiger partial charge in [-0.25, -0.2) is 4.79 Å². The van der Waals surface area contributed by atoms with Crippen LogP contribution >= 0.6 is 0 Å². The molecule has 1 heterocycles. The number of aromatic carboxylic acids is 1. The summed E-state index contributed by atoms with van der Waals surface area (Å²) in [6.07, 6.45) is 0. The summed E-state index contributed by atoms with van der Waals surface area (Å²) in [6, 6.07) is 9.45. The highest BCUT2D eigenvalue weighted by Gasteiger charge is 2.21. The third kappa shape index (κ3) is 1.95. The molecule has 2 N–H and O–H groups in total. The lowest BCUT2D eigenvalue weighted by Crippen LogP contribution is -1.99. The molecule has 1 aliphatic heterocycles. The molecule has 0 aromatic heterocycles. The normalized spacial score (nSPS) is 12.4. The van der Waals surface area contributed by atoms with Crippen LogP contribution in [-0.2, 0) is 0 Å². The van der Waals surface area contributed by atoms with Gasteiger partial charge in [-0.15, -0.1) is 0 Å². The Kier molecular flexibility index (Phi) is 2.52. The van der Waals surface area contributed by atoms with Crippen molar-refractivity contribution in [2.45, 2.75) is 0 Å². The Balaban J connectivity index is 2.22. The molecule has 5 nitrogen and oxygen atoms in total. The average molecular weight is 258 g/mol. The average Bonchev–Trinajstić information content (AvgIpc) is 2.84. The Bertz CT molecular complexity index is 663. The summed E-state index contributed by atoms with van der Waals surface area (Å²) in [4.78, 5) is 11.3. The number of rotatable bonds is 2. The quantitative estimate of drug-likeness (QED) is 0.865. The minimum atomic E-state index is -1.06. The predicted octanol–water partition coefficient (Wildman–Crippen LogP) is 2.49. The van der Waals surface area contributed by atoms with E-state index in [2.05, 4.69) is 0 Å². The number of benzene rings is 2. The van der Waals surface area contributed by atoms with Gasteiger partial charge in [-0.2, -0.15) is 0 Å². The first-order chi connectivity index (χ1) is 9.15. The van der Waals surface area contributed by atoms with E-state index in [1.807, 2.05) is 0 Å². The zero-order valence-electron chi connectivity index (χ0n) is 9.79. The van der Waals surface area contributed by atoms with Gasteiger partial charge in [0.15, 0.2) is 11.5 Å². The predicted molar refractivity (Wildman–Crippen MR) is 66.6 cm³/mol. The SMILES string of the molecule is O=C(O)c1cc2c(cc1-c1cccc(O)c1)OCO2. The Morgan fingerprint density at radius 3 is 2.53 bits per heavy atom. The Morgan fingerprint density at radius 1 is 1.11 bits per heavy atom.